The van der Waals surface area contributed by atoms with Crippen LogP contribution in [-0.4, -0.2) is 10.5 Å². The number of nitrogens with zero attached hydrogens (tertiary/aromatic N) is 1. The van der Waals surface area contributed by atoms with Crippen molar-refractivity contribution < 1.29 is 4.79 Å². The third-order valence-electron chi connectivity index (χ3n) is 2.66. The Morgan fingerprint density at radius 1 is 1.44 bits per heavy atom. The molecule has 3 nitrogen and oxygen atoms in total. The first kappa shape index (κ1) is 13.2. The van der Waals surface area contributed by atoms with Crippen LogP contribution in [0.25, 0.3) is 0 Å². The molecule has 18 heavy (non-hydrogen) atoms. The fourth-order valence-corrected chi connectivity index (χ4v) is 2.48. The van der Waals surface area contributed by atoms with E-state index in [0.717, 1.165) is 5.69 Å². The van der Waals surface area contributed by atoms with Crippen LogP contribution in [0.15, 0.2) is 41.0 Å². The van der Waals surface area contributed by atoms with Gasteiger partial charge in [0, 0.05) is 28.4 Å². The van der Waals surface area contributed by atoms with Gasteiger partial charge >= 0.3 is 0 Å². The summed E-state index contributed by atoms with van der Waals surface area (Å²) in [5, 5.41) is 3.47. The number of rotatable bonds is 3. The Kier molecular flexibility index (Phi) is 4.09. The summed E-state index contributed by atoms with van der Waals surface area (Å²) in [7, 11) is 1.94. The SMILES string of the molecule is Cn1cccc1CNC(=O)c1ccc(Cl)cc1Br. The summed E-state index contributed by atoms with van der Waals surface area (Å²) in [4.78, 5) is 12.0. The molecule has 0 aliphatic heterocycles. The molecule has 2 aromatic rings. The maximum absolute atomic E-state index is 12.0. The van der Waals surface area contributed by atoms with Crippen molar-refractivity contribution in [3.63, 3.8) is 0 Å². The fraction of sp³-hybridized carbons (Fsp3) is 0.154. The van der Waals surface area contributed by atoms with Crippen molar-refractivity contribution >= 4 is 33.4 Å². The van der Waals surface area contributed by atoms with Gasteiger partial charge in [0.1, 0.15) is 0 Å². The zero-order chi connectivity index (χ0) is 13.1. The first-order valence-corrected chi connectivity index (χ1v) is 6.58. The first-order valence-electron chi connectivity index (χ1n) is 5.41. The largest absolute Gasteiger partial charge is 0.353 e. The average molecular weight is 328 g/mol. The maximum atomic E-state index is 12.0. The number of carbonyl (C=O) groups excluding carboxylic acids is 1. The molecule has 0 fully saturated rings. The Hall–Kier alpha value is -1.26. The lowest BCUT2D eigenvalue weighted by molar-refractivity contribution is 0.0949. The van der Waals surface area contributed by atoms with Gasteiger partial charge in [0.15, 0.2) is 0 Å². The molecule has 94 valence electrons. The molecule has 0 aliphatic carbocycles. The summed E-state index contributed by atoms with van der Waals surface area (Å²) in [5.74, 6) is -0.125. The van der Waals surface area contributed by atoms with Crippen LogP contribution in [0.4, 0.5) is 0 Å². The number of aromatic nitrogens is 1. The molecule has 1 aromatic heterocycles. The highest BCUT2D eigenvalue weighted by atomic mass is 79.9. The third kappa shape index (κ3) is 2.94. The molecule has 0 saturated heterocycles. The number of hydrogen-bond acceptors (Lipinski definition) is 1. The van der Waals surface area contributed by atoms with Crippen molar-refractivity contribution in [3.8, 4) is 0 Å². The minimum Gasteiger partial charge on any atom is -0.353 e. The number of carbonyl (C=O) groups is 1. The number of aryl methyl sites for hydroxylation is 1. The molecule has 0 unspecified atom stereocenters. The van der Waals surface area contributed by atoms with Gasteiger partial charge in [-0.1, -0.05) is 11.6 Å². The van der Waals surface area contributed by atoms with E-state index >= 15 is 0 Å². The molecule has 5 heteroatoms. The van der Waals surface area contributed by atoms with Gasteiger partial charge < -0.3 is 9.88 Å². The van der Waals surface area contributed by atoms with Crippen LogP contribution in [-0.2, 0) is 13.6 Å². The van der Waals surface area contributed by atoms with E-state index in [1.54, 1.807) is 18.2 Å². The Balaban J connectivity index is 2.06. The van der Waals surface area contributed by atoms with Gasteiger partial charge in [-0.3, -0.25) is 4.79 Å². The molecule has 0 atom stereocenters. The molecule has 1 heterocycles. The standard InChI is InChI=1S/C13H12BrClN2O/c1-17-6-2-3-10(17)8-16-13(18)11-5-4-9(15)7-12(11)14/h2-7H,8H2,1H3,(H,16,18). The molecule has 0 saturated carbocycles. The number of hydrogen-bond donors (Lipinski definition) is 1. The number of halogens is 2. The summed E-state index contributed by atoms with van der Waals surface area (Å²) in [6.07, 6.45) is 1.94. The van der Waals surface area contributed by atoms with E-state index in [4.69, 9.17) is 11.6 Å². The molecule has 1 aromatic carbocycles. The van der Waals surface area contributed by atoms with Crippen molar-refractivity contribution in [2.75, 3.05) is 0 Å². The summed E-state index contributed by atoms with van der Waals surface area (Å²) < 4.78 is 2.66. The van der Waals surface area contributed by atoms with Gasteiger partial charge in [-0.2, -0.15) is 0 Å². The topological polar surface area (TPSA) is 34.0 Å². The second-order valence-corrected chi connectivity index (χ2v) is 5.21. The van der Waals surface area contributed by atoms with E-state index in [9.17, 15) is 4.79 Å². The van der Waals surface area contributed by atoms with Crippen molar-refractivity contribution in [2.45, 2.75) is 6.54 Å². The van der Waals surface area contributed by atoms with Gasteiger partial charge in [0.25, 0.3) is 5.91 Å². The predicted molar refractivity (Wildman–Crippen MR) is 75.7 cm³/mol. The summed E-state index contributed by atoms with van der Waals surface area (Å²) >= 11 is 9.17. The second kappa shape index (κ2) is 5.59. The zero-order valence-electron chi connectivity index (χ0n) is 9.78. The molecule has 0 aliphatic rings. The van der Waals surface area contributed by atoms with Crippen LogP contribution in [0.5, 0.6) is 0 Å². The first-order chi connectivity index (χ1) is 8.58. The zero-order valence-corrected chi connectivity index (χ0v) is 12.1. The molecule has 1 N–H and O–H groups in total. The predicted octanol–water partition coefficient (Wildman–Crippen LogP) is 3.37. The monoisotopic (exact) mass is 326 g/mol. The molecule has 0 bridgehead atoms. The highest BCUT2D eigenvalue weighted by Crippen LogP contribution is 2.21. The van der Waals surface area contributed by atoms with E-state index < -0.39 is 0 Å². The minimum absolute atomic E-state index is 0.125. The van der Waals surface area contributed by atoms with Crippen LogP contribution < -0.4 is 5.32 Å². The van der Waals surface area contributed by atoms with Crippen LogP contribution in [0.3, 0.4) is 0 Å². The highest BCUT2D eigenvalue weighted by Gasteiger charge is 2.10. The number of amides is 1. The van der Waals surface area contributed by atoms with E-state index in [0.29, 0.717) is 21.6 Å². The Morgan fingerprint density at radius 3 is 2.83 bits per heavy atom. The summed E-state index contributed by atoms with van der Waals surface area (Å²) in [5.41, 5.74) is 1.63. The quantitative estimate of drug-likeness (QED) is 0.921. The van der Waals surface area contributed by atoms with Crippen molar-refractivity contribution in [2.24, 2.45) is 7.05 Å². The highest BCUT2D eigenvalue weighted by molar-refractivity contribution is 9.10. The van der Waals surface area contributed by atoms with Crippen LogP contribution in [0.2, 0.25) is 5.02 Å². The Labute approximate surface area is 119 Å². The van der Waals surface area contributed by atoms with Crippen molar-refractivity contribution in [1.82, 2.24) is 9.88 Å². The minimum atomic E-state index is -0.125. The van der Waals surface area contributed by atoms with E-state index in [2.05, 4.69) is 21.2 Å². The molecule has 2 rings (SSSR count). The Bertz CT molecular complexity index is 580. The van der Waals surface area contributed by atoms with Crippen LogP contribution in [0.1, 0.15) is 16.1 Å². The lowest BCUT2D eigenvalue weighted by Gasteiger charge is -2.08. The van der Waals surface area contributed by atoms with Gasteiger partial charge in [0.2, 0.25) is 0 Å². The Morgan fingerprint density at radius 2 is 2.22 bits per heavy atom. The molecular weight excluding hydrogens is 316 g/mol. The summed E-state index contributed by atoms with van der Waals surface area (Å²) in [6, 6.07) is 9.02. The van der Waals surface area contributed by atoms with E-state index in [-0.39, 0.29) is 5.91 Å². The van der Waals surface area contributed by atoms with Gasteiger partial charge in [-0.15, -0.1) is 0 Å². The fourth-order valence-electron chi connectivity index (χ4n) is 1.62. The van der Waals surface area contributed by atoms with Gasteiger partial charge in [-0.25, -0.2) is 0 Å². The molecular formula is C13H12BrClN2O. The van der Waals surface area contributed by atoms with Crippen molar-refractivity contribution in [1.29, 1.82) is 0 Å². The van der Waals surface area contributed by atoms with Gasteiger partial charge in [-0.05, 0) is 46.3 Å². The smallest absolute Gasteiger partial charge is 0.252 e. The normalized spacial score (nSPS) is 10.4. The average Bonchev–Trinajstić information content (AvgIpc) is 2.72. The lowest BCUT2D eigenvalue weighted by Crippen LogP contribution is -2.24. The summed E-state index contributed by atoms with van der Waals surface area (Å²) in [6.45, 7) is 0.497. The van der Waals surface area contributed by atoms with Crippen LogP contribution in [0, 0.1) is 0 Å². The molecule has 0 radical (unpaired) electrons. The van der Waals surface area contributed by atoms with E-state index in [1.807, 2.05) is 29.9 Å². The second-order valence-electron chi connectivity index (χ2n) is 3.92. The molecule has 0 spiro atoms. The molecule has 1 amide bonds. The van der Waals surface area contributed by atoms with Gasteiger partial charge in [0.05, 0.1) is 12.1 Å². The third-order valence-corrected chi connectivity index (χ3v) is 3.55. The number of benzene rings is 1. The number of nitrogens with one attached hydrogen (secondary N) is 1. The lowest BCUT2D eigenvalue weighted by atomic mass is 10.2. The van der Waals surface area contributed by atoms with Crippen molar-refractivity contribution in [3.05, 3.63) is 57.3 Å². The van der Waals surface area contributed by atoms with E-state index in [1.165, 1.54) is 0 Å². The van der Waals surface area contributed by atoms with Crippen LogP contribution >= 0.6 is 27.5 Å². The maximum Gasteiger partial charge on any atom is 0.252 e.